The molecular weight excluding hydrogens is 570 g/mol. The van der Waals surface area contributed by atoms with Crippen LogP contribution < -0.4 is 0 Å². The maximum absolute atomic E-state index is 12.4. The number of thiol groups is 1. The molecule has 3 rings (SSSR count). The molecule has 3 aromatic carbocycles. The first kappa shape index (κ1) is 35.7. The SMILES string of the molecule is [B]=NCC(=O)N(CC=C)CCS.[B]=NCC(=O)N(CC=C)CCSC(c1ccccc1)(c1ccccc1)c1ccccc1. The van der Waals surface area contributed by atoms with E-state index in [1.807, 2.05) is 30.0 Å². The van der Waals surface area contributed by atoms with E-state index in [1.54, 1.807) is 22.0 Å². The number of carbonyl (C=O) groups is 2. The molecule has 0 aliphatic rings. The van der Waals surface area contributed by atoms with Crippen LogP contribution in [0.5, 0.6) is 0 Å². The van der Waals surface area contributed by atoms with Gasteiger partial charge in [0.15, 0.2) is 0 Å². The molecule has 6 nitrogen and oxygen atoms in total. The van der Waals surface area contributed by atoms with Crippen LogP contribution in [0.25, 0.3) is 0 Å². The fraction of sp³-hybridized carbons (Fsp3) is 0.273. The minimum atomic E-state index is -0.398. The van der Waals surface area contributed by atoms with Crippen LogP contribution >= 0.6 is 24.4 Å². The third kappa shape index (κ3) is 10.9. The third-order valence-electron chi connectivity index (χ3n) is 6.45. The van der Waals surface area contributed by atoms with Gasteiger partial charge in [0.1, 0.15) is 0 Å². The Morgan fingerprint density at radius 1 is 0.721 bits per heavy atom. The van der Waals surface area contributed by atoms with Crippen LogP contribution in [-0.4, -0.2) is 87.7 Å². The molecule has 2 amide bonds. The van der Waals surface area contributed by atoms with Gasteiger partial charge in [0, 0.05) is 0 Å². The molecule has 2 radical (unpaired) electrons. The van der Waals surface area contributed by atoms with E-state index in [1.165, 1.54) is 16.7 Å². The molecule has 0 aromatic heterocycles. The van der Waals surface area contributed by atoms with Crippen LogP contribution in [0.1, 0.15) is 16.7 Å². The first-order valence-electron chi connectivity index (χ1n) is 13.9. The van der Waals surface area contributed by atoms with Crippen molar-refractivity contribution in [2.24, 2.45) is 9.79 Å². The minimum absolute atomic E-state index is 0.0142. The van der Waals surface area contributed by atoms with Gasteiger partial charge in [-0.15, -0.1) is 0 Å². The standard InChI is InChI=1S/C26H26BN2OS.C7H12BN2OS/c1-2-18-29(25(30)21-28-27)19-20-31-26(22-12-6-3-7-13-22,23-14-8-4-9-15-23)24-16-10-5-11-17-24;1-2-3-10(4-5-12)7(11)6-9-8/h2-17H,1,18-21H2;2,12H,1,3-6H2. The van der Waals surface area contributed by atoms with Gasteiger partial charge in [-0.2, -0.15) is 0 Å². The number of rotatable bonds is 17. The number of benzene rings is 3. The number of nitrogens with zero attached hydrogens (tertiary/aromatic N) is 4. The first-order chi connectivity index (χ1) is 21.0. The monoisotopic (exact) mass is 608 g/mol. The van der Waals surface area contributed by atoms with Crippen LogP contribution in [0.4, 0.5) is 0 Å². The summed E-state index contributed by atoms with van der Waals surface area (Å²) in [5, 5.41) is 0. The van der Waals surface area contributed by atoms with E-state index in [0.717, 1.165) is 5.75 Å². The first-order valence-corrected chi connectivity index (χ1v) is 15.5. The van der Waals surface area contributed by atoms with Crippen LogP contribution in [0, 0.1) is 0 Å². The Hall–Kier alpha value is -3.49. The summed E-state index contributed by atoms with van der Waals surface area (Å²) in [4.78, 5) is 33.7. The van der Waals surface area contributed by atoms with Crippen molar-refractivity contribution in [3.63, 3.8) is 0 Å². The molecule has 0 saturated heterocycles. The number of carbonyl (C=O) groups excluding carboxylic acids is 2. The summed E-state index contributed by atoms with van der Waals surface area (Å²) in [6.45, 7) is 9.52. The molecule has 0 bridgehead atoms. The van der Waals surface area contributed by atoms with Gasteiger partial charge < -0.3 is 0 Å². The van der Waals surface area contributed by atoms with Crippen molar-refractivity contribution >= 4 is 51.5 Å². The second-order valence-corrected chi connectivity index (χ2v) is 11.0. The second kappa shape index (κ2) is 20.4. The molecule has 220 valence electrons. The Morgan fingerprint density at radius 3 is 1.42 bits per heavy atom. The molecule has 0 heterocycles. The Kier molecular flexibility index (Phi) is 17.0. The molecule has 10 heteroatoms. The maximum atomic E-state index is 12.4. The van der Waals surface area contributed by atoms with Gasteiger partial charge in [-0.1, -0.05) is 0 Å². The molecule has 0 unspecified atom stereocenters. The van der Waals surface area contributed by atoms with Gasteiger partial charge >= 0.3 is 269 Å². The number of hydrogen-bond donors (Lipinski definition) is 1. The predicted molar refractivity (Wildman–Crippen MR) is 185 cm³/mol. The normalized spacial score (nSPS) is 10.4. The van der Waals surface area contributed by atoms with Gasteiger partial charge in [0.25, 0.3) is 0 Å². The van der Waals surface area contributed by atoms with E-state index in [2.05, 4.69) is 108 Å². The molecule has 0 saturated carbocycles. The quantitative estimate of drug-likeness (QED) is 0.0972. The zero-order valence-corrected chi connectivity index (χ0v) is 26.2. The molecule has 0 aliphatic heterocycles. The van der Waals surface area contributed by atoms with E-state index in [0.29, 0.717) is 31.9 Å². The number of hydrogen-bond acceptors (Lipinski definition) is 6. The third-order valence-corrected chi connectivity index (χ3v) is 8.17. The van der Waals surface area contributed by atoms with Crippen LogP contribution in [0.3, 0.4) is 0 Å². The van der Waals surface area contributed by atoms with E-state index in [-0.39, 0.29) is 24.9 Å². The van der Waals surface area contributed by atoms with Crippen LogP contribution in [0.2, 0.25) is 0 Å². The Morgan fingerprint density at radius 2 is 1.09 bits per heavy atom. The molecule has 3 aromatic rings. The second-order valence-electron chi connectivity index (χ2n) is 9.29. The fourth-order valence-electron chi connectivity index (χ4n) is 4.50. The predicted octanol–water partition coefficient (Wildman–Crippen LogP) is 5.36. The van der Waals surface area contributed by atoms with Crippen LogP contribution in [-0.2, 0) is 14.3 Å². The Balaban J connectivity index is 0.000000455. The average Bonchev–Trinajstić information content (AvgIpc) is 3.04. The van der Waals surface area contributed by atoms with Crippen molar-refractivity contribution in [2.45, 2.75) is 4.75 Å². The van der Waals surface area contributed by atoms with E-state index in [9.17, 15) is 9.59 Å². The van der Waals surface area contributed by atoms with Gasteiger partial charge in [-0.05, 0) is 0 Å². The van der Waals surface area contributed by atoms with Crippen LogP contribution in [0.15, 0.2) is 126 Å². The fourth-order valence-corrected chi connectivity index (χ4v) is 6.27. The molecule has 0 spiro atoms. The molecule has 43 heavy (non-hydrogen) atoms. The Bertz CT molecular complexity index is 1200. The molecule has 0 N–H and O–H groups in total. The van der Waals surface area contributed by atoms with Crippen molar-refractivity contribution in [1.82, 2.24) is 9.80 Å². The summed E-state index contributed by atoms with van der Waals surface area (Å²) < 4.78 is -0.398. The summed E-state index contributed by atoms with van der Waals surface area (Å²) in [6, 6.07) is 31.6. The van der Waals surface area contributed by atoms with Gasteiger partial charge in [0.2, 0.25) is 0 Å². The van der Waals surface area contributed by atoms with Crippen molar-refractivity contribution < 1.29 is 9.59 Å². The molecule has 0 fully saturated rings. The van der Waals surface area contributed by atoms with E-state index in [4.69, 9.17) is 15.3 Å². The number of amides is 2. The summed E-state index contributed by atoms with van der Waals surface area (Å²) >= 11 is 5.85. The molecule has 0 atom stereocenters. The summed E-state index contributed by atoms with van der Waals surface area (Å²) in [5.41, 5.74) is 3.61. The zero-order chi connectivity index (χ0) is 31.3. The molecule has 0 aliphatic carbocycles. The van der Waals surface area contributed by atoms with Gasteiger partial charge in [0.05, 0.1) is 0 Å². The number of thioether (sulfide) groups is 1. The van der Waals surface area contributed by atoms with E-state index >= 15 is 0 Å². The topological polar surface area (TPSA) is 65.3 Å². The van der Waals surface area contributed by atoms with Crippen molar-refractivity contribution in [3.05, 3.63) is 133 Å². The molecular formula is C33H38B2N4O2S2. The summed E-state index contributed by atoms with van der Waals surface area (Å²) in [7, 11) is 10.1. The van der Waals surface area contributed by atoms with Crippen molar-refractivity contribution in [3.8, 4) is 0 Å². The summed E-state index contributed by atoms with van der Waals surface area (Å²) in [5.74, 6) is 1.19. The Labute approximate surface area is 268 Å². The van der Waals surface area contributed by atoms with Gasteiger partial charge in [-0.25, -0.2) is 0 Å². The average molecular weight is 608 g/mol. The van der Waals surface area contributed by atoms with Gasteiger partial charge in [-0.3, -0.25) is 0 Å². The van der Waals surface area contributed by atoms with E-state index < -0.39 is 4.75 Å². The summed E-state index contributed by atoms with van der Waals surface area (Å²) in [6.07, 6.45) is 3.40. The van der Waals surface area contributed by atoms with Crippen molar-refractivity contribution in [2.75, 3.05) is 50.8 Å². The van der Waals surface area contributed by atoms with Crippen molar-refractivity contribution in [1.29, 1.82) is 0 Å². The zero-order valence-electron chi connectivity index (χ0n) is 24.5.